The zero-order valence-electron chi connectivity index (χ0n) is 18.1. The summed E-state index contributed by atoms with van der Waals surface area (Å²) in [6.07, 6.45) is 0. The van der Waals surface area contributed by atoms with Crippen LogP contribution in [0.1, 0.15) is 37.5 Å². The third-order valence-corrected chi connectivity index (χ3v) is 7.01. The summed E-state index contributed by atoms with van der Waals surface area (Å²) in [6, 6.07) is 7.02. The summed E-state index contributed by atoms with van der Waals surface area (Å²) in [5.41, 5.74) is 2.49. The number of ether oxygens (including phenoxy) is 1. The molecule has 1 saturated heterocycles. The first kappa shape index (κ1) is 21.7. The predicted molar refractivity (Wildman–Crippen MR) is 115 cm³/mol. The average Bonchev–Trinajstić information content (AvgIpc) is 3.23. The lowest BCUT2D eigenvalue weighted by Crippen LogP contribution is -3.14. The summed E-state index contributed by atoms with van der Waals surface area (Å²) in [6.45, 7) is 9.84. The van der Waals surface area contributed by atoms with Crippen LogP contribution in [0.4, 0.5) is 0 Å². The molecule has 1 atom stereocenters. The number of Topliss-reactive ketones (excluding diaryl/α,β-unsaturated/α-hetero) is 1. The summed E-state index contributed by atoms with van der Waals surface area (Å²) in [5, 5.41) is 13.8. The molecule has 7 nitrogen and oxygen atoms in total. The topological polar surface area (TPSA) is 87.0 Å². The number of carbonyl (C=O) groups is 2. The Balaban J connectivity index is 1.69. The zero-order chi connectivity index (χ0) is 22.1. The van der Waals surface area contributed by atoms with Crippen LogP contribution in [0.3, 0.4) is 0 Å². The summed E-state index contributed by atoms with van der Waals surface area (Å²) < 4.78 is 5.41. The largest absolute Gasteiger partial charge is 0.868 e. The summed E-state index contributed by atoms with van der Waals surface area (Å²) in [7, 11) is 0. The number of ketones is 1. The maximum absolute atomic E-state index is 13.5. The molecule has 8 heteroatoms. The molecule has 3 heterocycles. The second kappa shape index (κ2) is 8.90. The van der Waals surface area contributed by atoms with E-state index in [1.807, 2.05) is 38.1 Å². The van der Waals surface area contributed by atoms with E-state index >= 15 is 0 Å². The lowest BCUT2D eigenvalue weighted by Gasteiger charge is -2.30. The monoisotopic (exact) mass is 441 g/mol. The number of rotatable bonds is 6. The second-order valence-corrected chi connectivity index (χ2v) is 9.35. The molecule has 1 amide bonds. The predicted octanol–water partition coefficient (Wildman–Crippen LogP) is 0.364. The van der Waals surface area contributed by atoms with E-state index in [1.165, 1.54) is 16.2 Å². The number of hydrogen-bond donors (Lipinski definition) is 1. The van der Waals surface area contributed by atoms with E-state index in [4.69, 9.17) is 4.74 Å². The molecule has 0 bridgehead atoms. The van der Waals surface area contributed by atoms with Crippen molar-refractivity contribution in [2.45, 2.75) is 26.8 Å². The number of quaternary nitrogens is 1. The van der Waals surface area contributed by atoms with Crippen molar-refractivity contribution in [2.75, 3.05) is 39.4 Å². The Hall–Kier alpha value is -2.55. The van der Waals surface area contributed by atoms with Crippen LogP contribution in [0.15, 0.2) is 35.6 Å². The minimum absolute atomic E-state index is 0.0394. The lowest BCUT2D eigenvalue weighted by atomic mass is 9.94. The molecule has 2 aromatic rings. The summed E-state index contributed by atoms with van der Waals surface area (Å²) in [5.74, 6) is -1.67. The van der Waals surface area contributed by atoms with Gasteiger partial charge in [-0.2, -0.15) is 0 Å². The number of aromatic nitrogens is 1. The van der Waals surface area contributed by atoms with E-state index in [0.717, 1.165) is 29.2 Å². The Labute approximate surface area is 186 Å². The number of benzene rings is 1. The molecule has 1 aromatic carbocycles. The van der Waals surface area contributed by atoms with Gasteiger partial charge in [0.15, 0.2) is 0 Å². The van der Waals surface area contributed by atoms with Crippen molar-refractivity contribution in [1.29, 1.82) is 0 Å². The number of amides is 1. The van der Waals surface area contributed by atoms with Crippen LogP contribution in [0, 0.1) is 20.8 Å². The number of morpholine rings is 1. The van der Waals surface area contributed by atoms with Crippen molar-refractivity contribution < 1.29 is 24.3 Å². The van der Waals surface area contributed by atoms with Crippen molar-refractivity contribution in [3.63, 3.8) is 0 Å². The van der Waals surface area contributed by atoms with Crippen LogP contribution in [0.2, 0.25) is 0 Å². The minimum Gasteiger partial charge on any atom is -0.868 e. The quantitative estimate of drug-likeness (QED) is 0.655. The first-order chi connectivity index (χ1) is 14.9. The fraction of sp³-hybridized carbons (Fsp3) is 0.435. The number of hydrogen-bond acceptors (Lipinski definition) is 6. The molecule has 1 unspecified atom stereocenters. The van der Waals surface area contributed by atoms with Crippen LogP contribution in [0.25, 0.3) is 0 Å². The second-order valence-electron chi connectivity index (χ2n) is 8.14. The van der Waals surface area contributed by atoms with E-state index in [0.29, 0.717) is 36.9 Å². The summed E-state index contributed by atoms with van der Waals surface area (Å²) in [4.78, 5) is 34.2. The van der Waals surface area contributed by atoms with Crippen molar-refractivity contribution >= 4 is 23.0 Å². The highest BCUT2D eigenvalue weighted by Gasteiger charge is 2.40. The van der Waals surface area contributed by atoms with Gasteiger partial charge in [0.2, 0.25) is 11.7 Å². The molecule has 4 rings (SSSR count). The number of aryl methyl sites for hydroxylation is 3. The Bertz CT molecular complexity index is 1020. The number of thiazole rings is 1. The molecule has 2 aliphatic rings. The third-order valence-electron chi connectivity index (χ3n) is 5.94. The van der Waals surface area contributed by atoms with Gasteiger partial charge in [-0.05, 0) is 32.1 Å². The first-order valence-electron chi connectivity index (χ1n) is 10.6. The molecule has 1 aromatic heterocycles. The highest BCUT2D eigenvalue weighted by molar-refractivity contribution is 7.14. The van der Waals surface area contributed by atoms with Crippen molar-refractivity contribution in [1.82, 2.24) is 9.88 Å². The molecule has 0 radical (unpaired) electrons. The van der Waals surface area contributed by atoms with Crippen LogP contribution in [0.5, 0.6) is 0 Å². The van der Waals surface area contributed by atoms with Gasteiger partial charge in [-0.1, -0.05) is 29.8 Å². The van der Waals surface area contributed by atoms with E-state index in [9.17, 15) is 14.7 Å². The van der Waals surface area contributed by atoms with Gasteiger partial charge in [-0.15, -0.1) is 11.3 Å². The average molecular weight is 442 g/mol. The van der Waals surface area contributed by atoms with Crippen molar-refractivity contribution in [3.05, 3.63) is 62.3 Å². The Morgan fingerprint density at radius 1 is 1.23 bits per heavy atom. The van der Waals surface area contributed by atoms with Crippen LogP contribution >= 0.6 is 11.3 Å². The lowest BCUT2D eigenvalue weighted by molar-refractivity contribution is -0.907. The number of nitrogens with zero attached hydrogens (tertiary/aromatic N) is 2. The molecule has 0 aliphatic carbocycles. The smallest absolute Gasteiger partial charge is 0.240 e. The maximum Gasteiger partial charge on any atom is 0.240 e. The molecular weight excluding hydrogens is 414 g/mol. The Morgan fingerprint density at radius 2 is 1.90 bits per heavy atom. The van der Waals surface area contributed by atoms with Gasteiger partial charge in [0.25, 0.3) is 0 Å². The number of nitrogens with one attached hydrogen (secondary N) is 1. The van der Waals surface area contributed by atoms with E-state index in [-0.39, 0.29) is 11.4 Å². The molecular formula is C23H27N3O4S. The van der Waals surface area contributed by atoms with E-state index in [2.05, 4.69) is 4.98 Å². The van der Waals surface area contributed by atoms with Crippen LogP contribution < -0.4 is 10.0 Å². The molecule has 1 fully saturated rings. The molecule has 0 saturated carbocycles. The van der Waals surface area contributed by atoms with Crippen LogP contribution in [-0.2, 0) is 9.53 Å². The molecule has 164 valence electrons. The standard InChI is InChI=1S/C23H27N3O4S/c1-14-4-6-17(7-5-14)19-18(20(27)22-15(2)24-16(3)31-22)21(28)23(29)26(19)9-8-25-10-12-30-13-11-25/h4-7,19,28H,8-13H2,1-3H3. The highest BCUT2D eigenvalue weighted by Crippen LogP contribution is 2.39. The molecule has 31 heavy (non-hydrogen) atoms. The minimum atomic E-state index is -0.696. The molecule has 1 N–H and O–H groups in total. The Kier molecular flexibility index (Phi) is 6.22. The van der Waals surface area contributed by atoms with Gasteiger partial charge >= 0.3 is 0 Å². The first-order valence-corrected chi connectivity index (χ1v) is 11.4. The van der Waals surface area contributed by atoms with Crippen molar-refractivity contribution in [3.8, 4) is 0 Å². The van der Waals surface area contributed by atoms with Gasteiger partial charge in [0.1, 0.15) is 13.1 Å². The maximum atomic E-state index is 13.5. The van der Waals surface area contributed by atoms with E-state index in [1.54, 1.807) is 11.8 Å². The van der Waals surface area contributed by atoms with Crippen LogP contribution in [-0.4, -0.2) is 61.0 Å². The zero-order valence-corrected chi connectivity index (χ0v) is 18.9. The fourth-order valence-electron chi connectivity index (χ4n) is 4.25. The molecule has 2 aliphatic heterocycles. The van der Waals surface area contributed by atoms with Gasteiger partial charge in [0.05, 0.1) is 47.9 Å². The van der Waals surface area contributed by atoms with Gasteiger partial charge in [-0.3, -0.25) is 9.59 Å². The van der Waals surface area contributed by atoms with E-state index < -0.39 is 17.7 Å². The van der Waals surface area contributed by atoms with Gasteiger partial charge in [-0.25, -0.2) is 4.98 Å². The Morgan fingerprint density at radius 3 is 2.52 bits per heavy atom. The SMILES string of the molecule is Cc1ccc(C2C(C(=O)c3sc(C)nc3C)=C([O-])C(=O)N2CC[NH+]2CCOCC2)cc1. The normalized spacial score (nSPS) is 20.0. The van der Waals surface area contributed by atoms with Gasteiger partial charge < -0.3 is 19.6 Å². The highest BCUT2D eigenvalue weighted by atomic mass is 32.1. The fourth-order valence-corrected chi connectivity index (χ4v) is 5.12. The molecule has 0 spiro atoms. The number of carbonyl (C=O) groups excluding carboxylic acids is 2. The third kappa shape index (κ3) is 4.28. The van der Waals surface area contributed by atoms with Crippen molar-refractivity contribution in [2.24, 2.45) is 0 Å². The van der Waals surface area contributed by atoms with Gasteiger partial charge in [0, 0.05) is 5.57 Å². The summed E-state index contributed by atoms with van der Waals surface area (Å²) >= 11 is 1.27.